The second kappa shape index (κ2) is 7.11. The van der Waals surface area contributed by atoms with Crippen molar-refractivity contribution in [2.24, 2.45) is 0 Å². The van der Waals surface area contributed by atoms with Crippen LogP contribution < -0.4 is 15.1 Å². The zero-order chi connectivity index (χ0) is 21.0. The van der Waals surface area contributed by atoms with E-state index in [4.69, 9.17) is 4.74 Å². The van der Waals surface area contributed by atoms with Crippen molar-refractivity contribution in [2.45, 2.75) is 44.5 Å². The number of quaternary nitrogens is 1. The molecule has 3 aromatic rings. The summed E-state index contributed by atoms with van der Waals surface area (Å²) in [5, 5.41) is 4.95. The maximum atomic E-state index is 6.77. The summed E-state index contributed by atoms with van der Waals surface area (Å²) in [4.78, 5) is 1.67. The van der Waals surface area contributed by atoms with Gasteiger partial charge in [0.05, 0.1) is 43.7 Å². The molecular formula is C27H30N3O+. The minimum absolute atomic E-state index is 0.187. The molecule has 6 rings (SSSR count). The van der Waals surface area contributed by atoms with Crippen molar-refractivity contribution < 1.29 is 9.64 Å². The number of hydrogen-bond acceptors (Lipinski definition) is 3. The lowest BCUT2D eigenvalue weighted by Crippen LogP contribution is -3.16. The smallest absolute Gasteiger partial charge is 0.191 e. The van der Waals surface area contributed by atoms with E-state index >= 15 is 0 Å². The minimum Gasteiger partial charge on any atom is -0.470 e. The van der Waals surface area contributed by atoms with Gasteiger partial charge >= 0.3 is 0 Å². The number of fused-ring (bicyclic) bond motifs is 5. The highest BCUT2D eigenvalue weighted by Crippen LogP contribution is 2.47. The number of ether oxygens (including phenoxy) is 1. The Bertz CT molecular complexity index is 1160. The summed E-state index contributed by atoms with van der Waals surface area (Å²) in [6.45, 7) is 6.91. The lowest BCUT2D eigenvalue weighted by Gasteiger charge is -2.51. The van der Waals surface area contributed by atoms with Crippen LogP contribution in [0.3, 0.4) is 0 Å². The molecule has 3 aliphatic heterocycles. The van der Waals surface area contributed by atoms with Crippen molar-refractivity contribution in [1.29, 1.82) is 0 Å². The minimum atomic E-state index is -0.299. The SMILES string of the molecule is CC(C)[NH+]1CCC2(CC1)Oc1ccccc1[C@H]1C=C(c3ccc4ccccc4c3)NN12. The van der Waals surface area contributed by atoms with Crippen LogP contribution in [0.25, 0.3) is 16.5 Å². The molecule has 31 heavy (non-hydrogen) atoms. The Morgan fingerprint density at radius 1 is 0.968 bits per heavy atom. The fraction of sp³-hybridized carbons (Fsp3) is 0.333. The van der Waals surface area contributed by atoms with Crippen LogP contribution >= 0.6 is 0 Å². The van der Waals surface area contributed by atoms with E-state index in [9.17, 15) is 0 Å². The van der Waals surface area contributed by atoms with Gasteiger partial charge in [0.25, 0.3) is 0 Å². The number of likely N-dealkylation sites (tertiary alicyclic amines) is 1. The number of nitrogens with zero attached hydrogens (tertiary/aromatic N) is 1. The number of hydrazine groups is 1. The molecule has 0 bridgehead atoms. The van der Waals surface area contributed by atoms with Crippen molar-refractivity contribution in [1.82, 2.24) is 10.4 Å². The van der Waals surface area contributed by atoms with Gasteiger partial charge in [-0.1, -0.05) is 54.6 Å². The van der Waals surface area contributed by atoms with Gasteiger partial charge in [0.1, 0.15) is 5.75 Å². The summed E-state index contributed by atoms with van der Waals surface area (Å²) in [6, 6.07) is 24.7. The van der Waals surface area contributed by atoms with E-state index in [1.807, 2.05) is 0 Å². The number of hydrogen-bond donors (Lipinski definition) is 2. The molecule has 2 N–H and O–H groups in total. The van der Waals surface area contributed by atoms with Crippen molar-refractivity contribution in [3.05, 3.63) is 83.9 Å². The molecule has 1 saturated heterocycles. The van der Waals surface area contributed by atoms with Gasteiger partial charge < -0.3 is 15.1 Å². The largest absolute Gasteiger partial charge is 0.470 e. The molecule has 0 radical (unpaired) electrons. The molecule has 158 valence electrons. The molecule has 1 spiro atoms. The molecular weight excluding hydrogens is 382 g/mol. The monoisotopic (exact) mass is 412 g/mol. The van der Waals surface area contributed by atoms with E-state index in [-0.39, 0.29) is 11.8 Å². The van der Waals surface area contributed by atoms with Gasteiger partial charge in [-0.25, -0.2) is 0 Å². The first-order valence-electron chi connectivity index (χ1n) is 11.5. The fourth-order valence-corrected chi connectivity index (χ4v) is 5.52. The van der Waals surface area contributed by atoms with Crippen LogP contribution in [0.2, 0.25) is 0 Å². The van der Waals surface area contributed by atoms with Crippen molar-refractivity contribution in [2.75, 3.05) is 13.1 Å². The molecule has 0 amide bonds. The van der Waals surface area contributed by atoms with Crippen LogP contribution in [0.15, 0.2) is 72.8 Å². The first-order valence-corrected chi connectivity index (χ1v) is 11.5. The Kier molecular flexibility index (Phi) is 4.34. The highest BCUT2D eigenvalue weighted by Gasteiger charge is 2.52. The van der Waals surface area contributed by atoms with Crippen LogP contribution in [-0.4, -0.2) is 29.9 Å². The van der Waals surface area contributed by atoms with E-state index in [2.05, 4.69) is 97.1 Å². The second-order valence-electron chi connectivity index (χ2n) is 9.47. The van der Waals surface area contributed by atoms with Gasteiger partial charge in [0.2, 0.25) is 0 Å². The number of benzene rings is 3. The maximum Gasteiger partial charge on any atom is 0.191 e. The van der Waals surface area contributed by atoms with Crippen LogP contribution in [0, 0.1) is 0 Å². The second-order valence-corrected chi connectivity index (χ2v) is 9.47. The van der Waals surface area contributed by atoms with E-state index in [1.54, 1.807) is 4.90 Å². The summed E-state index contributed by atoms with van der Waals surface area (Å²) in [5.41, 5.74) is 7.13. The standard InChI is InChI=1S/C27H29N3O/c1-19(2)29-15-13-27(14-16-29)30-25(23-9-5-6-10-26(23)31-27)18-24(28-30)22-12-11-20-7-3-4-8-21(20)17-22/h3-12,17-19,25,28H,13-16H2,1-2H3/p+1/t25-/m1/s1. The van der Waals surface area contributed by atoms with Crippen LogP contribution in [0.4, 0.5) is 0 Å². The van der Waals surface area contributed by atoms with Gasteiger partial charge in [0.15, 0.2) is 5.72 Å². The topological polar surface area (TPSA) is 28.9 Å². The molecule has 1 fully saturated rings. The Morgan fingerprint density at radius 2 is 1.71 bits per heavy atom. The molecule has 1 atom stereocenters. The summed E-state index contributed by atoms with van der Waals surface area (Å²) < 4.78 is 6.77. The van der Waals surface area contributed by atoms with E-state index in [0.717, 1.165) is 31.7 Å². The lowest BCUT2D eigenvalue weighted by molar-refractivity contribution is -0.929. The predicted molar refractivity (Wildman–Crippen MR) is 125 cm³/mol. The summed E-state index contributed by atoms with van der Waals surface area (Å²) in [5.74, 6) is 1.04. The normalized spacial score (nSPS) is 27.5. The number of rotatable bonds is 2. The third kappa shape index (κ3) is 3.05. The van der Waals surface area contributed by atoms with Gasteiger partial charge in [-0.15, -0.1) is 0 Å². The fourth-order valence-electron chi connectivity index (χ4n) is 5.52. The van der Waals surface area contributed by atoms with Crippen molar-refractivity contribution in [3.63, 3.8) is 0 Å². The first kappa shape index (κ1) is 18.9. The Balaban J connectivity index is 1.39. The third-order valence-corrected chi connectivity index (χ3v) is 7.37. The first-order chi connectivity index (χ1) is 15.1. The summed E-state index contributed by atoms with van der Waals surface area (Å²) in [7, 11) is 0. The Labute approximate surface area is 184 Å². The number of piperidine rings is 1. The Hall–Kier alpha value is -2.82. The average Bonchev–Trinajstić information content (AvgIpc) is 3.26. The summed E-state index contributed by atoms with van der Waals surface area (Å²) >= 11 is 0. The number of para-hydroxylation sites is 1. The third-order valence-electron chi connectivity index (χ3n) is 7.37. The molecule has 3 heterocycles. The molecule has 0 aliphatic carbocycles. The summed E-state index contributed by atoms with van der Waals surface area (Å²) in [6.07, 6.45) is 4.43. The van der Waals surface area contributed by atoms with Crippen molar-refractivity contribution >= 4 is 16.5 Å². The maximum absolute atomic E-state index is 6.77. The van der Waals surface area contributed by atoms with Gasteiger partial charge in [-0.3, -0.25) is 0 Å². The van der Waals surface area contributed by atoms with E-state index in [0.29, 0.717) is 6.04 Å². The highest BCUT2D eigenvalue weighted by atomic mass is 16.5. The Morgan fingerprint density at radius 3 is 2.52 bits per heavy atom. The molecule has 0 unspecified atom stereocenters. The average molecular weight is 413 g/mol. The molecule has 0 aromatic heterocycles. The number of nitrogens with one attached hydrogen (secondary N) is 2. The van der Waals surface area contributed by atoms with E-state index < -0.39 is 0 Å². The van der Waals surface area contributed by atoms with Gasteiger partial charge in [0, 0.05) is 5.56 Å². The van der Waals surface area contributed by atoms with Crippen LogP contribution in [0.1, 0.15) is 43.9 Å². The zero-order valence-corrected chi connectivity index (χ0v) is 18.3. The van der Waals surface area contributed by atoms with Crippen LogP contribution in [-0.2, 0) is 0 Å². The zero-order valence-electron chi connectivity index (χ0n) is 18.3. The van der Waals surface area contributed by atoms with Gasteiger partial charge in [-0.2, -0.15) is 5.01 Å². The van der Waals surface area contributed by atoms with E-state index in [1.165, 1.54) is 27.6 Å². The molecule has 0 saturated carbocycles. The quantitative estimate of drug-likeness (QED) is 0.669. The lowest BCUT2D eigenvalue weighted by atomic mass is 9.92. The molecule has 4 heteroatoms. The van der Waals surface area contributed by atoms with Gasteiger partial charge in [-0.05, 0) is 48.4 Å². The predicted octanol–water partition coefficient (Wildman–Crippen LogP) is 3.92. The molecule has 3 aromatic carbocycles. The van der Waals surface area contributed by atoms with Crippen LogP contribution in [0.5, 0.6) is 5.75 Å². The highest BCUT2D eigenvalue weighted by molar-refractivity contribution is 5.86. The molecule has 4 nitrogen and oxygen atoms in total. The van der Waals surface area contributed by atoms with Crippen molar-refractivity contribution in [3.8, 4) is 5.75 Å². The molecule has 3 aliphatic rings.